The van der Waals surface area contributed by atoms with E-state index in [4.69, 9.17) is 16.6 Å². The van der Waals surface area contributed by atoms with Crippen LogP contribution in [0.2, 0.25) is 0 Å². The van der Waals surface area contributed by atoms with Crippen molar-refractivity contribution < 1.29 is 39.3 Å². The van der Waals surface area contributed by atoms with Crippen LogP contribution in [-0.2, 0) is 36.8 Å². The molecule has 13 heteroatoms. The number of aliphatic carboxylic acids is 2. The second-order valence-electron chi connectivity index (χ2n) is 9.57. The molecule has 0 radical (unpaired) electrons. The van der Waals surface area contributed by atoms with Gasteiger partial charge in [0.1, 0.15) is 23.9 Å². The highest BCUT2D eigenvalue weighted by atomic mass is 16.4. The number of rotatable bonds is 17. The first kappa shape index (κ1) is 32.7. The number of amides is 3. The zero-order valence-corrected chi connectivity index (χ0v) is 22.5. The zero-order valence-electron chi connectivity index (χ0n) is 22.5. The van der Waals surface area contributed by atoms with Gasteiger partial charge >= 0.3 is 11.9 Å². The van der Waals surface area contributed by atoms with Crippen LogP contribution in [0, 0.1) is 0 Å². The largest absolute Gasteiger partial charge is 0.508 e. The van der Waals surface area contributed by atoms with Crippen LogP contribution in [-0.4, -0.2) is 75.7 Å². The fourth-order valence-electron chi connectivity index (χ4n) is 3.99. The van der Waals surface area contributed by atoms with E-state index in [9.17, 15) is 34.2 Å². The molecule has 41 heavy (non-hydrogen) atoms. The van der Waals surface area contributed by atoms with Crippen LogP contribution >= 0.6 is 0 Å². The maximum atomic E-state index is 13.4. The summed E-state index contributed by atoms with van der Waals surface area (Å²) < 4.78 is 0. The minimum Gasteiger partial charge on any atom is -0.508 e. The quantitative estimate of drug-likeness (QED) is 0.115. The molecule has 0 aromatic heterocycles. The Morgan fingerprint density at radius 2 is 1.24 bits per heavy atom. The van der Waals surface area contributed by atoms with Gasteiger partial charge in [0.2, 0.25) is 17.7 Å². The van der Waals surface area contributed by atoms with E-state index < -0.39 is 60.2 Å². The maximum absolute atomic E-state index is 13.4. The lowest BCUT2D eigenvalue weighted by Crippen LogP contribution is -2.58. The minimum absolute atomic E-state index is 0.00102. The van der Waals surface area contributed by atoms with Gasteiger partial charge in [0.25, 0.3) is 0 Å². The predicted molar refractivity (Wildman–Crippen MR) is 149 cm³/mol. The normalized spacial score (nSPS) is 13.7. The summed E-state index contributed by atoms with van der Waals surface area (Å²) in [6.07, 6.45) is 0.410. The Balaban J connectivity index is 2.26. The summed E-state index contributed by atoms with van der Waals surface area (Å²) in [5, 5.41) is 35.8. The molecule has 2 aromatic carbocycles. The van der Waals surface area contributed by atoms with E-state index in [0.29, 0.717) is 30.5 Å². The average molecular weight is 572 g/mol. The second kappa shape index (κ2) is 16.6. The van der Waals surface area contributed by atoms with Crippen molar-refractivity contribution in [1.82, 2.24) is 16.0 Å². The third-order valence-corrected chi connectivity index (χ3v) is 6.22. The SMILES string of the molecule is NCCCCC(NC(=O)C(N)CC(=O)O)C(=O)NC(Cc1ccc(O)cc1)C(=O)NC(Cc1ccccc1)C(=O)O. The van der Waals surface area contributed by atoms with Crippen molar-refractivity contribution >= 4 is 29.7 Å². The number of phenols is 1. The Labute approximate surface area is 237 Å². The lowest BCUT2D eigenvalue weighted by atomic mass is 10.0. The van der Waals surface area contributed by atoms with E-state index in [0.717, 1.165) is 0 Å². The van der Waals surface area contributed by atoms with Crippen LogP contribution in [0.5, 0.6) is 5.75 Å². The molecule has 2 aromatic rings. The number of carboxylic acids is 2. The molecule has 222 valence electrons. The third kappa shape index (κ3) is 11.6. The zero-order chi connectivity index (χ0) is 30.4. The van der Waals surface area contributed by atoms with Crippen molar-refractivity contribution in [3.8, 4) is 5.75 Å². The van der Waals surface area contributed by atoms with Crippen molar-refractivity contribution in [2.45, 2.75) is 62.7 Å². The molecule has 0 aliphatic heterocycles. The molecule has 10 N–H and O–H groups in total. The van der Waals surface area contributed by atoms with Gasteiger partial charge in [0, 0.05) is 12.8 Å². The van der Waals surface area contributed by atoms with Crippen LogP contribution in [0.3, 0.4) is 0 Å². The monoisotopic (exact) mass is 571 g/mol. The van der Waals surface area contributed by atoms with Crippen LogP contribution in [0.4, 0.5) is 0 Å². The molecule has 4 atom stereocenters. The first-order valence-electron chi connectivity index (χ1n) is 13.1. The highest BCUT2D eigenvalue weighted by Crippen LogP contribution is 2.13. The Morgan fingerprint density at radius 3 is 1.83 bits per heavy atom. The van der Waals surface area contributed by atoms with E-state index >= 15 is 0 Å². The number of carboxylic acid groups (broad SMARTS) is 2. The Morgan fingerprint density at radius 1 is 0.707 bits per heavy atom. The van der Waals surface area contributed by atoms with Crippen molar-refractivity contribution in [3.05, 3.63) is 65.7 Å². The number of benzene rings is 2. The van der Waals surface area contributed by atoms with E-state index in [2.05, 4.69) is 16.0 Å². The van der Waals surface area contributed by atoms with Crippen molar-refractivity contribution in [2.75, 3.05) is 6.54 Å². The number of carbonyl (C=O) groups excluding carboxylic acids is 3. The average Bonchev–Trinajstić information content (AvgIpc) is 2.92. The van der Waals surface area contributed by atoms with E-state index in [1.807, 2.05) is 0 Å². The second-order valence-corrected chi connectivity index (χ2v) is 9.57. The number of nitrogens with one attached hydrogen (secondary N) is 3. The van der Waals surface area contributed by atoms with E-state index in [-0.39, 0.29) is 25.0 Å². The summed E-state index contributed by atoms with van der Waals surface area (Å²) in [7, 11) is 0. The standard InChI is InChI=1S/C28H37N5O8/c29-13-5-4-8-21(31-25(37)20(30)16-24(35)36)26(38)32-22(14-18-9-11-19(34)12-10-18)27(39)33-23(28(40)41)15-17-6-2-1-3-7-17/h1-3,6-7,9-12,20-23,34H,4-5,8,13-16,29-30H2,(H,31,37)(H,32,38)(H,33,39)(H,35,36)(H,40,41). The van der Waals surface area contributed by atoms with Crippen molar-refractivity contribution in [2.24, 2.45) is 11.5 Å². The first-order chi connectivity index (χ1) is 19.5. The highest BCUT2D eigenvalue weighted by molar-refractivity contribution is 5.94. The first-order valence-corrected chi connectivity index (χ1v) is 13.1. The van der Waals surface area contributed by atoms with Crippen molar-refractivity contribution in [3.63, 3.8) is 0 Å². The molecule has 0 saturated heterocycles. The smallest absolute Gasteiger partial charge is 0.326 e. The van der Waals surface area contributed by atoms with Gasteiger partial charge < -0.3 is 42.7 Å². The molecule has 4 unspecified atom stereocenters. The molecule has 13 nitrogen and oxygen atoms in total. The summed E-state index contributed by atoms with van der Waals surface area (Å²) in [6.45, 7) is 0.338. The molecule has 0 saturated carbocycles. The molecule has 0 spiro atoms. The molecule has 0 bridgehead atoms. The summed E-state index contributed by atoms with van der Waals surface area (Å²) in [5.41, 5.74) is 12.4. The van der Waals surface area contributed by atoms with Crippen molar-refractivity contribution in [1.29, 1.82) is 0 Å². The molecule has 0 fully saturated rings. The number of unbranched alkanes of at least 4 members (excludes halogenated alkanes) is 1. The highest BCUT2D eigenvalue weighted by Gasteiger charge is 2.31. The Kier molecular flexibility index (Phi) is 13.2. The van der Waals surface area contributed by atoms with Crippen LogP contribution in [0.15, 0.2) is 54.6 Å². The van der Waals surface area contributed by atoms with E-state index in [1.165, 1.54) is 12.1 Å². The van der Waals surface area contributed by atoms with Crippen LogP contribution in [0.25, 0.3) is 0 Å². The predicted octanol–water partition coefficient (Wildman–Crippen LogP) is -0.353. The summed E-state index contributed by atoms with van der Waals surface area (Å²) in [5.74, 6) is -4.93. The lowest BCUT2D eigenvalue weighted by molar-refractivity contribution is -0.142. The molecule has 2 rings (SSSR count). The molecular weight excluding hydrogens is 534 g/mol. The number of nitrogens with two attached hydrogens (primary N) is 2. The van der Waals surface area contributed by atoms with Gasteiger partial charge in [-0.3, -0.25) is 19.2 Å². The third-order valence-electron chi connectivity index (χ3n) is 6.22. The van der Waals surface area contributed by atoms with Gasteiger partial charge in [-0.1, -0.05) is 42.5 Å². The molecule has 0 heterocycles. The minimum atomic E-state index is -1.40. The number of aromatic hydroxyl groups is 1. The Bertz CT molecular complexity index is 1180. The Hall–Kier alpha value is -4.49. The number of carbonyl (C=O) groups is 5. The molecule has 0 aliphatic carbocycles. The van der Waals surface area contributed by atoms with Gasteiger partial charge in [-0.05, 0) is 49.1 Å². The van der Waals surface area contributed by atoms with Gasteiger partial charge in [0.15, 0.2) is 0 Å². The van der Waals surface area contributed by atoms with Crippen LogP contribution in [0.1, 0.15) is 36.8 Å². The van der Waals surface area contributed by atoms with E-state index in [1.54, 1.807) is 42.5 Å². The lowest BCUT2D eigenvalue weighted by Gasteiger charge is -2.25. The fourth-order valence-corrected chi connectivity index (χ4v) is 3.99. The van der Waals surface area contributed by atoms with Gasteiger partial charge in [0.05, 0.1) is 12.5 Å². The molecule has 3 amide bonds. The number of hydrogen-bond acceptors (Lipinski definition) is 8. The van der Waals surface area contributed by atoms with Gasteiger partial charge in [-0.2, -0.15) is 0 Å². The van der Waals surface area contributed by atoms with Crippen LogP contribution < -0.4 is 27.4 Å². The molecule has 0 aliphatic rings. The fraction of sp³-hybridized carbons (Fsp3) is 0.393. The summed E-state index contributed by atoms with van der Waals surface area (Å²) >= 11 is 0. The van der Waals surface area contributed by atoms with Gasteiger partial charge in [-0.15, -0.1) is 0 Å². The summed E-state index contributed by atoms with van der Waals surface area (Å²) in [4.78, 5) is 62.1. The number of phenolic OH excluding ortho intramolecular Hbond substituents is 1. The van der Waals surface area contributed by atoms with Gasteiger partial charge in [-0.25, -0.2) is 4.79 Å². The topological polar surface area (TPSA) is 234 Å². The maximum Gasteiger partial charge on any atom is 0.326 e. The number of hydrogen-bond donors (Lipinski definition) is 8. The summed E-state index contributed by atoms with van der Waals surface area (Å²) in [6, 6.07) is 9.49. The molecular formula is C28H37N5O8.